The summed E-state index contributed by atoms with van der Waals surface area (Å²) in [4.78, 5) is 6.58. The number of pyridine rings is 1. The normalized spacial score (nSPS) is 11.0. The van der Waals surface area contributed by atoms with Crippen LogP contribution in [0.25, 0.3) is 0 Å². The van der Waals surface area contributed by atoms with Crippen LogP contribution >= 0.6 is 11.6 Å². The third-order valence-corrected chi connectivity index (χ3v) is 3.08. The van der Waals surface area contributed by atoms with E-state index < -0.39 is 0 Å². The number of anilines is 1. The molecule has 1 heterocycles. The summed E-state index contributed by atoms with van der Waals surface area (Å²) in [7, 11) is 2.04. The molecule has 0 aliphatic heterocycles. The van der Waals surface area contributed by atoms with Crippen molar-refractivity contribution >= 4 is 17.4 Å². The van der Waals surface area contributed by atoms with Crippen molar-refractivity contribution in [3.05, 3.63) is 22.8 Å². The smallest absolute Gasteiger partial charge is 0.147 e. The topological polar surface area (TPSA) is 28.2 Å². The maximum Gasteiger partial charge on any atom is 0.147 e. The first kappa shape index (κ1) is 15.3. The van der Waals surface area contributed by atoms with E-state index in [1.807, 2.05) is 19.3 Å². The van der Waals surface area contributed by atoms with E-state index in [9.17, 15) is 0 Å². The zero-order valence-electron chi connectivity index (χ0n) is 11.8. The zero-order chi connectivity index (χ0) is 13.5. The van der Waals surface area contributed by atoms with E-state index in [1.54, 1.807) is 0 Å². The molecule has 0 bridgehead atoms. The lowest BCUT2D eigenvalue weighted by molar-refractivity contribution is 0.588. The molecule has 0 fully saturated rings. The Bertz CT molecular complexity index is 366. The third kappa shape index (κ3) is 4.83. The molecule has 1 rings (SSSR count). The highest BCUT2D eigenvalue weighted by Gasteiger charge is 2.08. The number of unbranched alkanes of at least 4 members (excludes halogenated alkanes) is 1. The van der Waals surface area contributed by atoms with Crippen molar-refractivity contribution in [2.24, 2.45) is 0 Å². The van der Waals surface area contributed by atoms with Gasteiger partial charge in [0.2, 0.25) is 0 Å². The number of halogens is 1. The Balaban J connectivity index is 2.66. The second-order valence-electron chi connectivity index (χ2n) is 4.96. The Morgan fingerprint density at radius 3 is 2.72 bits per heavy atom. The van der Waals surface area contributed by atoms with E-state index in [1.165, 1.54) is 6.42 Å². The number of hydrogen-bond acceptors (Lipinski definition) is 3. The number of aromatic nitrogens is 1. The molecule has 3 nitrogen and oxygen atoms in total. The first-order valence-corrected chi connectivity index (χ1v) is 7.01. The molecule has 18 heavy (non-hydrogen) atoms. The predicted octanol–water partition coefficient (Wildman–Crippen LogP) is 3.47. The molecular weight excluding hydrogens is 246 g/mol. The van der Waals surface area contributed by atoms with Gasteiger partial charge in [0.25, 0.3) is 0 Å². The number of rotatable bonds is 7. The van der Waals surface area contributed by atoms with Gasteiger partial charge in [-0.25, -0.2) is 4.98 Å². The van der Waals surface area contributed by atoms with Crippen molar-refractivity contribution in [1.29, 1.82) is 0 Å². The molecule has 102 valence electrons. The van der Waals surface area contributed by atoms with Crippen LogP contribution in [0.3, 0.4) is 0 Å². The Kier molecular flexibility index (Phi) is 6.44. The minimum Gasteiger partial charge on any atom is -0.358 e. The molecule has 0 amide bonds. The summed E-state index contributed by atoms with van der Waals surface area (Å²) < 4.78 is 0. The van der Waals surface area contributed by atoms with Crippen LogP contribution in [0.15, 0.2) is 12.3 Å². The van der Waals surface area contributed by atoms with Gasteiger partial charge in [-0.2, -0.15) is 0 Å². The van der Waals surface area contributed by atoms with Crippen molar-refractivity contribution in [2.75, 3.05) is 18.5 Å². The highest BCUT2D eigenvalue weighted by molar-refractivity contribution is 6.33. The van der Waals surface area contributed by atoms with E-state index in [0.29, 0.717) is 6.04 Å². The molecule has 0 aromatic carbocycles. The van der Waals surface area contributed by atoms with Gasteiger partial charge in [0.1, 0.15) is 5.82 Å². The molecule has 0 saturated heterocycles. The molecule has 1 aromatic rings. The monoisotopic (exact) mass is 269 g/mol. The zero-order valence-corrected chi connectivity index (χ0v) is 12.6. The Morgan fingerprint density at radius 2 is 2.17 bits per heavy atom. The average molecular weight is 270 g/mol. The summed E-state index contributed by atoms with van der Waals surface area (Å²) >= 11 is 6.29. The highest BCUT2D eigenvalue weighted by Crippen LogP contribution is 2.23. The van der Waals surface area contributed by atoms with Crippen molar-refractivity contribution < 1.29 is 0 Å². The summed E-state index contributed by atoms with van der Waals surface area (Å²) in [5.41, 5.74) is 1.13. The minimum atomic E-state index is 0.468. The van der Waals surface area contributed by atoms with E-state index in [-0.39, 0.29) is 0 Å². The first-order valence-electron chi connectivity index (χ1n) is 6.63. The van der Waals surface area contributed by atoms with Gasteiger partial charge in [0.05, 0.1) is 5.02 Å². The second-order valence-corrected chi connectivity index (χ2v) is 5.37. The molecule has 0 aliphatic rings. The van der Waals surface area contributed by atoms with Crippen molar-refractivity contribution in [3.8, 4) is 0 Å². The molecule has 0 spiro atoms. The van der Waals surface area contributed by atoms with Crippen LogP contribution in [0, 0.1) is 0 Å². The first-order chi connectivity index (χ1) is 8.54. The molecule has 0 unspecified atom stereocenters. The van der Waals surface area contributed by atoms with Gasteiger partial charge in [0, 0.05) is 32.4 Å². The molecule has 0 saturated carbocycles. The summed E-state index contributed by atoms with van der Waals surface area (Å²) in [5, 5.41) is 4.09. The minimum absolute atomic E-state index is 0.468. The highest BCUT2D eigenvalue weighted by atomic mass is 35.5. The standard InChI is InChI=1S/C14H24ClN3/c1-5-6-7-18(4)14-13(15)8-12(10-17-14)9-16-11(2)3/h8,10-11,16H,5-7,9H2,1-4H3. The van der Waals surface area contributed by atoms with Gasteiger partial charge in [-0.1, -0.05) is 38.8 Å². The van der Waals surface area contributed by atoms with Gasteiger partial charge in [-0.05, 0) is 18.1 Å². The van der Waals surface area contributed by atoms with Gasteiger partial charge in [-0.15, -0.1) is 0 Å². The summed E-state index contributed by atoms with van der Waals surface area (Å²) in [5.74, 6) is 0.874. The fraction of sp³-hybridized carbons (Fsp3) is 0.643. The van der Waals surface area contributed by atoms with Crippen LogP contribution in [-0.2, 0) is 6.54 Å². The fourth-order valence-electron chi connectivity index (χ4n) is 1.67. The van der Waals surface area contributed by atoms with Gasteiger partial charge < -0.3 is 10.2 Å². The summed E-state index contributed by atoms with van der Waals surface area (Å²) in [6.07, 6.45) is 4.24. The van der Waals surface area contributed by atoms with Crippen LogP contribution in [-0.4, -0.2) is 24.6 Å². The van der Waals surface area contributed by atoms with Gasteiger partial charge in [0.15, 0.2) is 0 Å². The van der Waals surface area contributed by atoms with E-state index in [0.717, 1.165) is 35.9 Å². The number of hydrogen-bond donors (Lipinski definition) is 1. The van der Waals surface area contributed by atoms with E-state index in [2.05, 4.69) is 36.0 Å². The second kappa shape index (κ2) is 7.59. The molecule has 1 N–H and O–H groups in total. The molecule has 0 aliphatic carbocycles. The van der Waals surface area contributed by atoms with Crippen LogP contribution in [0.5, 0.6) is 0 Å². The Morgan fingerprint density at radius 1 is 1.44 bits per heavy atom. The average Bonchev–Trinajstić information content (AvgIpc) is 2.33. The molecule has 4 heteroatoms. The lowest BCUT2D eigenvalue weighted by Crippen LogP contribution is -2.23. The van der Waals surface area contributed by atoms with Gasteiger partial charge in [-0.3, -0.25) is 0 Å². The number of nitrogens with one attached hydrogen (secondary N) is 1. The molecule has 1 aromatic heterocycles. The molecule has 0 atom stereocenters. The van der Waals surface area contributed by atoms with Crippen LogP contribution in [0.1, 0.15) is 39.2 Å². The third-order valence-electron chi connectivity index (χ3n) is 2.80. The SMILES string of the molecule is CCCCN(C)c1ncc(CNC(C)C)cc1Cl. The molecular formula is C14H24ClN3. The van der Waals surface area contributed by atoms with Crippen LogP contribution in [0.4, 0.5) is 5.82 Å². The lowest BCUT2D eigenvalue weighted by Gasteiger charge is -2.19. The molecule has 0 radical (unpaired) electrons. The number of nitrogens with zero attached hydrogens (tertiary/aromatic N) is 2. The quantitative estimate of drug-likeness (QED) is 0.822. The predicted molar refractivity (Wildman–Crippen MR) is 79.4 cm³/mol. The maximum absolute atomic E-state index is 6.29. The summed E-state index contributed by atoms with van der Waals surface area (Å²) in [6, 6.07) is 2.47. The van der Waals surface area contributed by atoms with Crippen LogP contribution < -0.4 is 10.2 Å². The Hall–Kier alpha value is -0.800. The van der Waals surface area contributed by atoms with E-state index in [4.69, 9.17) is 11.6 Å². The van der Waals surface area contributed by atoms with E-state index >= 15 is 0 Å². The largest absolute Gasteiger partial charge is 0.358 e. The van der Waals surface area contributed by atoms with Crippen LogP contribution in [0.2, 0.25) is 5.02 Å². The fourth-order valence-corrected chi connectivity index (χ4v) is 2.00. The lowest BCUT2D eigenvalue weighted by atomic mass is 10.2. The van der Waals surface area contributed by atoms with Crippen molar-refractivity contribution in [1.82, 2.24) is 10.3 Å². The maximum atomic E-state index is 6.29. The summed E-state index contributed by atoms with van der Waals surface area (Å²) in [6.45, 7) is 8.24. The van der Waals surface area contributed by atoms with Crippen molar-refractivity contribution in [2.45, 2.75) is 46.2 Å². The van der Waals surface area contributed by atoms with Crippen molar-refractivity contribution in [3.63, 3.8) is 0 Å². The Labute approximate surface area is 116 Å². The van der Waals surface area contributed by atoms with Gasteiger partial charge >= 0.3 is 0 Å².